The van der Waals surface area contributed by atoms with Crippen molar-refractivity contribution in [3.05, 3.63) is 24.3 Å². The van der Waals surface area contributed by atoms with Crippen molar-refractivity contribution in [3.8, 4) is 0 Å². The Morgan fingerprint density at radius 1 is 1.57 bits per heavy atom. The molecule has 0 saturated carbocycles. The molecule has 0 heterocycles. The van der Waals surface area contributed by atoms with Gasteiger partial charge in [-0.15, -0.1) is 0 Å². The highest BCUT2D eigenvalue weighted by atomic mass is 16.1. The Morgan fingerprint density at radius 3 is 2.57 bits per heavy atom. The van der Waals surface area contributed by atoms with Crippen LogP contribution in [0.4, 0.5) is 0 Å². The predicted octanol–water partition coefficient (Wildman–Crippen LogP) is 3.90. The summed E-state index contributed by atoms with van der Waals surface area (Å²) >= 11 is 0. The van der Waals surface area contributed by atoms with Crippen LogP contribution < -0.4 is 0 Å². The van der Waals surface area contributed by atoms with Gasteiger partial charge in [0.1, 0.15) is 5.78 Å². The van der Waals surface area contributed by atoms with E-state index in [0.717, 1.165) is 19.3 Å². The fourth-order valence-corrected chi connectivity index (χ4v) is 1.47. The summed E-state index contributed by atoms with van der Waals surface area (Å²) in [5, 5.41) is 0. The van der Waals surface area contributed by atoms with Crippen molar-refractivity contribution in [1.82, 2.24) is 0 Å². The van der Waals surface area contributed by atoms with Crippen molar-refractivity contribution in [2.45, 2.75) is 46.5 Å². The van der Waals surface area contributed by atoms with Gasteiger partial charge >= 0.3 is 0 Å². The first-order valence-corrected chi connectivity index (χ1v) is 5.48. The molecular formula is C13H22O. The van der Waals surface area contributed by atoms with Crippen LogP contribution in [0.1, 0.15) is 46.5 Å². The molecule has 1 aliphatic rings. The third-order valence-corrected chi connectivity index (χ3v) is 2.13. The van der Waals surface area contributed by atoms with Crippen LogP contribution in [0.25, 0.3) is 0 Å². The molecule has 1 heteroatoms. The zero-order chi connectivity index (χ0) is 10.8. The molecule has 0 N–H and O–H groups in total. The lowest BCUT2D eigenvalue weighted by molar-refractivity contribution is -0.117. The van der Waals surface area contributed by atoms with Crippen molar-refractivity contribution in [3.63, 3.8) is 0 Å². The van der Waals surface area contributed by atoms with Gasteiger partial charge in [-0.05, 0) is 39.0 Å². The Bertz CT molecular complexity index is 201. The smallest absolute Gasteiger partial charge is 0.130 e. The van der Waals surface area contributed by atoms with Crippen molar-refractivity contribution in [2.75, 3.05) is 0 Å². The monoisotopic (exact) mass is 194 g/mol. The van der Waals surface area contributed by atoms with Gasteiger partial charge in [-0.2, -0.15) is 0 Å². The summed E-state index contributed by atoms with van der Waals surface area (Å²) in [7, 11) is 0. The molecule has 0 spiro atoms. The van der Waals surface area contributed by atoms with E-state index in [-0.39, 0.29) is 0 Å². The number of carbonyl (C=O) groups is 1. The van der Waals surface area contributed by atoms with E-state index < -0.39 is 0 Å². The first kappa shape index (κ1) is 13.2. The van der Waals surface area contributed by atoms with Gasteiger partial charge in [-0.25, -0.2) is 0 Å². The van der Waals surface area contributed by atoms with Crippen LogP contribution in [0.2, 0.25) is 0 Å². The average molecular weight is 194 g/mol. The van der Waals surface area contributed by atoms with Gasteiger partial charge < -0.3 is 4.79 Å². The summed E-state index contributed by atoms with van der Waals surface area (Å²) in [5.74, 6) is 0.869. The number of ketones is 1. The molecule has 1 rings (SSSR count). The van der Waals surface area contributed by atoms with Crippen LogP contribution in [-0.4, -0.2) is 5.78 Å². The SMILES string of the molecule is C/C=C/CC.CC(=O)CC1C=CCC1. The normalized spacial score (nSPS) is 19.5. The van der Waals surface area contributed by atoms with Gasteiger partial charge in [0.15, 0.2) is 0 Å². The molecule has 0 radical (unpaired) electrons. The van der Waals surface area contributed by atoms with Gasteiger partial charge in [0.2, 0.25) is 0 Å². The summed E-state index contributed by atoms with van der Waals surface area (Å²) in [4.78, 5) is 10.6. The van der Waals surface area contributed by atoms with E-state index in [4.69, 9.17) is 0 Å². The number of rotatable bonds is 3. The van der Waals surface area contributed by atoms with Gasteiger partial charge in [-0.1, -0.05) is 31.2 Å². The molecule has 1 nitrogen and oxygen atoms in total. The van der Waals surface area contributed by atoms with Crippen LogP contribution in [0.5, 0.6) is 0 Å². The first-order valence-electron chi connectivity index (χ1n) is 5.48. The Kier molecular flexibility index (Phi) is 8.20. The van der Waals surface area contributed by atoms with Crippen LogP contribution in [0, 0.1) is 5.92 Å². The van der Waals surface area contributed by atoms with Crippen LogP contribution in [-0.2, 0) is 4.79 Å². The maximum absolute atomic E-state index is 10.6. The fourth-order valence-electron chi connectivity index (χ4n) is 1.47. The first-order chi connectivity index (χ1) is 6.70. The van der Waals surface area contributed by atoms with Crippen LogP contribution >= 0.6 is 0 Å². The molecule has 0 amide bonds. The second-order valence-corrected chi connectivity index (χ2v) is 3.65. The van der Waals surface area contributed by atoms with Gasteiger partial charge in [0, 0.05) is 6.42 Å². The molecule has 0 fully saturated rings. The minimum atomic E-state index is 0.312. The van der Waals surface area contributed by atoms with E-state index in [9.17, 15) is 4.79 Å². The van der Waals surface area contributed by atoms with Crippen molar-refractivity contribution in [1.29, 1.82) is 0 Å². The van der Waals surface area contributed by atoms with Crippen LogP contribution in [0.15, 0.2) is 24.3 Å². The average Bonchev–Trinajstić information content (AvgIpc) is 2.58. The Labute approximate surface area is 87.9 Å². The van der Waals surface area contributed by atoms with Gasteiger partial charge in [0.05, 0.1) is 0 Å². The van der Waals surface area contributed by atoms with E-state index in [1.54, 1.807) is 6.92 Å². The largest absolute Gasteiger partial charge is 0.300 e. The minimum absolute atomic E-state index is 0.312. The summed E-state index contributed by atoms with van der Waals surface area (Å²) < 4.78 is 0. The molecule has 1 unspecified atom stereocenters. The highest BCUT2D eigenvalue weighted by molar-refractivity contribution is 5.75. The molecule has 80 valence electrons. The summed E-state index contributed by atoms with van der Waals surface area (Å²) in [6, 6.07) is 0. The lowest BCUT2D eigenvalue weighted by Gasteiger charge is -2.01. The van der Waals surface area contributed by atoms with E-state index in [0.29, 0.717) is 11.7 Å². The zero-order valence-corrected chi connectivity index (χ0v) is 9.62. The Hall–Kier alpha value is -0.850. The molecule has 0 bridgehead atoms. The number of carbonyl (C=O) groups excluding carboxylic acids is 1. The maximum atomic E-state index is 10.6. The number of hydrogen-bond donors (Lipinski definition) is 0. The van der Waals surface area contributed by atoms with Crippen LogP contribution in [0.3, 0.4) is 0 Å². The topological polar surface area (TPSA) is 17.1 Å². The second kappa shape index (κ2) is 8.74. The summed E-state index contributed by atoms with van der Waals surface area (Å²) in [6.07, 6.45) is 12.7. The van der Waals surface area contributed by atoms with Gasteiger partial charge in [0.25, 0.3) is 0 Å². The molecule has 1 atom stereocenters. The molecule has 0 saturated heterocycles. The lowest BCUT2D eigenvalue weighted by atomic mass is 10.0. The molecule has 0 aromatic rings. The summed E-state index contributed by atoms with van der Waals surface area (Å²) in [5.41, 5.74) is 0. The van der Waals surface area contributed by atoms with Crippen molar-refractivity contribution in [2.24, 2.45) is 5.92 Å². The van der Waals surface area contributed by atoms with E-state index in [1.165, 1.54) is 6.42 Å². The number of allylic oxidation sites excluding steroid dienone is 4. The number of hydrogen-bond acceptors (Lipinski definition) is 1. The minimum Gasteiger partial charge on any atom is -0.300 e. The third kappa shape index (κ3) is 7.78. The van der Waals surface area contributed by atoms with E-state index in [1.807, 2.05) is 6.92 Å². The zero-order valence-electron chi connectivity index (χ0n) is 9.62. The lowest BCUT2D eigenvalue weighted by Crippen LogP contribution is -1.98. The molecule has 0 aromatic heterocycles. The standard InChI is InChI=1S/C8H12O.C5H10/c1-7(9)6-8-4-2-3-5-8;1-3-5-4-2/h2,4,8H,3,5-6H2,1H3;3,5H,4H2,1-2H3/b;5-3+. The molecule has 0 aromatic carbocycles. The highest BCUT2D eigenvalue weighted by Crippen LogP contribution is 2.19. The summed E-state index contributed by atoms with van der Waals surface area (Å²) in [6.45, 7) is 5.82. The Morgan fingerprint density at radius 2 is 2.29 bits per heavy atom. The predicted molar refractivity (Wildman–Crippen MR) is 62.3 cm³/mol. The molecular weight excluding hydrogens is 172 g/mol. The third-order valence-electron chi connectivity index (χ3n) is 2.13. The maximum Gasteiger partial charge on any atom is 0.130 e. The highest BCUT2D eigenvalue weighted by Gasteiger charge is 2.10. The second-order valence-electron chi connectivity index (χ2n) is 3.65. The molecule has 0 aliphatic heterocycles. The molecule has 1 aliphatic carbocycles. The fraction of sp³-hybridized carbons (Fsp3) is 0.615. The Balaban J connectivity index is 0.000000292. The van der Waals surface area contributed by atoms with Crippen molar-refractivity contribution >= 4 is 5.78 Å². The molecule has 14 heavy (non-hydrogen) atoms. The van der Waals surface area contributed by atoms with Gasteiger partial charge in [-0.3, -0.25) is 0 Å². The number of Topliss-reactive ketones (excluding diaryl/α,β-unsaturated/α-hetero) is 1. The quantitative estimate of drug-likeness (QED) is 0.623. The van der Waals surface area contributed by atoms with Crippen molar-refractivity contribution < 1.29 is 4.79 Å². The van der Waals surface area contributed by atoms with E-state index >= 15 is 0 Å². The van der Waals surface area contributed by atoms with E-state index in [2.05, 4.69) is 31.2 Å².